The molecule has 2 aromatic rings. The van der Waals surface area contributed by atoms with Gasteiger partial charge in [0.05, 0.1) is 5.25 Å². The maximum atomic E-state index is 13.1. The Bertz CT molecular complexity index is 893. The third-order valence-electron chi connectivity index (χ3n) is 5.51. The molecule has 0 saturated carbocycles. The maximum Gasteiger partial charge on any atom is 0.221 e. The number of halogens is 1. The molecule has 1 saturated heterocycles. The maximum absolute atomic E-state index is 13.1. The van der Waals surface area contributed by atoms with Gasteiger partial charge in [0.2, 0.25) is 10.0 Å². The Morgan fingerprint density at radius 3 is 2.46 bits per heavy atom. The average molecular weight is 388 g/mol. The monoisotopic (exact) mass is 387 g/mol. The molecule has 2 aromatic carbocycles. The van der Waals surface area contributed by atoms with Crippen molar-refractivity contribution in [3.8, 4) is 0 Å². The number of nitrogens with zero attached hydrogens (tertiary/aromatic N) is 1. The zero-order valence-electron chi connectivity index (χ0n) is 14.5. The first-order valence-corrected chi connectivity index (χ1v) is 10.9. The second-order valence-corrected chi connectivity index (χ2v) is 9.68. The number of fused-ring (bicyclic) bond motifs is 1. The third kappa shape index (κ3) is 3.46. The summed E-state index contributed by atoms with van der Waals surface area (Å²) in [7, 11) is -3.32. The van der Waals surface area contributed by atoms with Gasteiger partial charge in [0, 0.05) is 24.0 Å². The van der Waals surface area contributed by atoms with Crippen LogP contribution >= 0.6 is 11.6 Å². The van der Waals surface area contributed by atoms with Gasteiger partial charge < -0.3 is 0 Å². The number of rotatable bonds is 3. The smallest absolute Gasteiger partial charge is 0.212 e. The van der Waals surface area contributed by atoms with Crippen LogP contribution in [0.2, 0.25) is 5.02 Å². The molecule has 5 heteroatoms. The van der Waals surface area contributed by atoms with E-state index in [-0.39, 0.29) is 5.92 Å². The SMILES string of the molecule is O=S1(=O)[C@H]2C=C[C@@H](c3ccccc3)C[C@H]2CCN1Cc1ccc(Cl)cc1. The highest BCUT2D eigenvalue weighted by atomic mass is 35.5. The van der Waals surface area contributed by atoms with Gasteiger partial charge in [-0.3, -0.25) is 0 Å². The molecule has 0 amide bonds. The largest absolute Gasteiger partial charge is 0.221 e. The fourth-order valence-electron chi connectivity index (χ4n) is 4.08. The molecule has 0 unspecified atom stereocenters. The molecule has 0 aromatic heterocycles. The van der Waals surface area contributed by atoms with Crippen LogP contribution in [0.25, 0.3) is 0 Å². The zero-order valence-corrected chi connectivity index (χ0v) is 16.0. The van der Waals surface area contributed by atoms with E-state index in [2.05, 4.69) is 18.2 Å². The minimum absolute atomic E-state index is 0.191. The van der Waals surface area contributed by atoms with Gasteiger partial charge in [-0.05, 0) is 42.0 Å². The molecule has 26 heavy (non-hydrogen) atoms. The van der Waals surface area contributed by atoms with Crippen LogP contribution in [0.5, 0.6) is 0 Å². The number of hydrogen-bond donors (Lipinski definition) is 0. The Morgan fingerprint density at radius 1 is 1.00 bits per heavy atom. The summed E-state index contributed by atoms with van der Waals surface area (Å²) in [6, 6.07) is 17.7. The molecular weight excluding hydrogens is 366 g/mol. The van der Waals surface area contributed by atoms with Crippen LogP contribution in [0.3, 0.4) is 0 Å². The van der Waals surface area contributed by atoms with Crippen molar-refractivity contribution < 1.29 is 8.42 Å². The van der Waals surface area contributed by atoms with Crippen LogP contribution in [0, 0.1) is 5.92 Å². The molecule has 1 fully saturated rings. The van der Waals surface area contributed by atoms with Crippen molar-refractivity contribution in [1.82, 2.24) is 4.31 Å². The first-order valence-electron chi connectivity index (χ1n) is 9.01. The van der Waals surface area contributed by atoms with E-state index in [1.165, 1.54) is 5.56 Å². The van der Waals surface area contributed by atoms with Gasteiger partial charge in [-0.2, -0.15) is 4.31 Å². The van der Waals surface area contributed by atoms with Gasteiger partial charge in [-0.15, -0.1) is 0 Å². The van der Waals surface area contributed by atoms with Gasteiger partial charge in [-0.25, -0.2) is 8.42 Å². The van der Waals surface area contributed by atoms with E-state index < -0.39 is 15.3 Å². The van der Waals surface area contributed by atoms with E-state index >= 15 is 0 Å². The normalized spacial score (nSPS) is 27.8. The Balaban J connectivity index is 1.54. The fraction of sp³-hybridized carbons (Fsp3) is 0.333. The van der Waals surface area contributed by atoms with Crippen molar-refractivity contribution in [3.05, 3.63) is 82.9 Å². The lowest BCUT2D eigenvalue weighted by molar-refractivity contribution is 0.295. The summed E-state index contributed by atoms with van der Waals surface area (Å²) >= 11 is 5.92. The van der Waals surface area contributed by atoms with Crippen molar-refractivity contribution in [2.45, 2.75) is 30.6 Å². The van der Waals surface area contributed by atoms with Crippen LogP contribution in [0.4, 0.5) is 0 Å². The third-order valence-corrected chi connectivity index (χ3v) is 8.02. The Kier molecular flexibility index (Phi) is 4.91. The second kappa shape index (κ2) is 7.18. The number of hydrogen-bond acceptors (Lipinski definition) is 2. The quantitative estimate of drug-likeness (QED) is 0.721. The molecule has 0 spiro atoms. The first-order chi connectivity index (χ1) is 12.5. The molecule has 0 N–H and O–H groups in total. The minimum Gasteiger partial charge on any atom is -0.212 e. The molecule has 1 heterocycles. The predicted octanol–water partition coefficient (Wildman–Crippen LogP) is 4.60. The molecule has 0 bridgehead atoms. The Hall–Kier alpha value is -1.62. The fourth-order valence-corrected chi connectivity index (χ4v) is 6.27. The lowest BCUT2D eigenvalue weighted by Crippen LogP contribution is -2.48. The standard InChI is InChI=1S/C21H22ClNO2S/c22-20-9-6-16(7-10-20)15-23-13-12-19-14-18(17-4-2-1-3-5-17)8-11-21(19)26(23,24)25/h1-11,18-19,21H,12-15H2/t18-,19-,21+/m1/s1. The summed E-state index contributed by atoms with van der Waals surface area (Å²) in [5.74, 6) is 0.507. The van der Waals surface area contributed by atoms with Crippen LogP contribution in [0.15, 0.2) is 66.7 Å². The average Bonchev–Trinajstić information content (AvgIpc) is 2.66. The van der Waals surface area contributed by atoms with E-state index in [0.29, 0.717) is 24.0 Å². The van der Waals surface area contributed by atoms with Crippen molar-refractivity contribution in [3.63, 3.8) is 0 Å². The molecule has 136 valence electrons. The number of benzene rings is 2. The summed E-state index contributed by atoms with van der Waals surface area (Å²) in [5, 5.41) is 0.265. The van der Waals surface area contributed by atoms with Gasteiger partial charge in [0.1, 0.15) is 0 Å². The van der Waals surface area contributed by atoms with Crippen LogP contribution in [-0.4, -0.2) is 24.5 Å². The van der Waals surface area contributed by atoms with Crippen molar-refractivity contribution in [2.24, 2.45) is 5.92 Å². The number of allylic oxidation sites excluding steroid dienone is 1. The number of sulfonamides is 1. The van der Waals surface area contributed by atoms with Gasteiger partial charge in [0.25, 0.3) is 0 Å². The molecule has 3 nitrogen and oxygen atoms in total. The van der Waals surface area contributed by atoms with Crippen LogP contribution in [-0.2, 0) is 16.6 Å². The van der Waals surface area contributed by atoms with Gasteiger partial charge >= 0.3 is 0 Å². The minimum atomic E-state index is -3.32. The highest BCUT2D eigenvalue weighted by molar-refractivity contribution is 7.89. The molecule has 1 aliphatic carbocycles. The van der Waals surface area contributed by atoms with E-state index in [9.17, 15) is 8.42 Å². The summed E-state index contributed by atoms with van der Waals surface area (Å²) in [5.41, 5.74) is 2.24. The molecule has 3 atom stereocenters. The van der Waals surface area contributed by atoms with Crippen molar-refractivity contribution in [1.29, 1.82) is 0 Å². The topological polar surface area (TPSA) is 37.4 Å². The molecule has 2 aliphatic rings. The second-order valence-electron chi connectivity index (χ2n) is 7.16. The molecule has 0 radical (unpaired) electrons. The van der Waals surface area contributed by atoms with Gasteiger partial charge in [0.15, 0.2) is 0 Å². The van der Waals surface area contributed by atoms with Crippen molar-refractivity contribution >= 4 is 21.6 Å². The lowest BCUT2D eigenvalue weighted by Gasteiger charge is -2.40. The summed E-state index contributed by atoms with van der Waals surface area (Å²) in [4.78, 5) is 0. The van der Waals surface area contributed by atoms with Crippen LogP contribution in [0.1, 0.15) is 29.9 Å². The van der Waals surface area contributed by atoms with E-state index in [1.54, 1.807) is 16.4 Å². The van der Waals surface area contributed by atoms with Gasteiger partial charge in [-0.1, -0.05) is 66.2 Å². The Morgan fingerprint density at radius 2 is 1.73 bits per heavy atom. The van der Waals surface area contributed by atoms with Crippen molar-refractivity contribution in [2.75, 3.05) is 6.54 Å². The van der Waals surface area contributed by atoms with E-state index in [1.807, 2.05) is 36.4 Å². The Labute approximate surface area is 160 Å². The highest BCUT2D eigenvalue weighted by Crippen LogP contribution is 2.40. The lowest BCUT2D eigenvalue weighted by atomic mass is 9.81. The molecule has 1 aliphatic heterocycles. The summed E-state index contributed by atoms with van der Waals surface area (Å²) < 4.78 is 27.9. The summed E-state index contributed by atoms with van der Waals surface area (Å²) in [6.07, 6.45) is 5.82. The summed E-state index contributed by atoms with van der Waals surface area (Å²) in [6.45, 7) is 1.00. The van der Waals surface area contributed by atoms with Crippen LogP contribution < -0.4 is 0 Å². The highest BCUT2D eigenvalue weighted by Gasteiger charge is 2.43. The van der Waals surface area contributed by atoms with E-state index in [4.69, 9.17) is 11.6 Å². The first kappa shape index (κ1) is 17.8. The predicted molar refractivity (Wildman–Crippen MR) is 106 cm³/mol. The zero-order chi connectivity index (χ0) is 18.1. The molecule has 4 rings (SSSR count). The molecular formula is C21H22ClNO2S. The van der Waals surface area contributed by atoms with E-state index in [0.717, 1.165) is 18.4 Å².